The first-order valence-corrected chi connectivity index (χ1v) is 21.8. The number of hydrogen-bond acceptors (Lipinski definition) is 13. The zero-order chi connectivity index (χ0) is 44.1. The molecule has 2 N–H and O–H groups in total. The Bertz CT molecular complexity index is 2480. The maximum atomic E-state index is 13.8. The molecule has 1 fully saturated rings. The molecule has 324 valence electrons. The number of piperidine rings is 1. The Morgan fingerprint density at radius 1 is 0.919 bits per heavy atom. The number of carbonyl (C=O) groups excluding carboxylic acids is 7. The minimum Gasteiger partial charge on any atom is -0.483 e. The first-order chi connectivity index (χ1) is 29.9. The molecule has 2 aromatic carbocycles. The number of hydrogen-bond donors (Lipinski definition) is 2. The normalized spacial score (nSPS) is 16.8. The van der Waals surface area contributed by atoms with Crippen molar-refractivity contribution in [2.75, 3.05) is 20.3 Å². The molecule has 0 spiro atoms. The van der Waals surface area contributed by atoms with Gasteiger partial charge in [0.1, 0.15) is 28.7 Å². The van der Waals surface area contributed by atoms with Gasteiger partial charge < -0.3 is 14.8 Å². The number of nitrogens with one attached hydrogen (secondary N) is 2. The van der Waals surface area contributed by atoms with Crippen molar-refractivity contribution in [1.29, 1.82) is 0 Å². The number of aryl methyl sites for hydroxylation is 1. The van der Waals surface area contributed by atoms with Crippen LogP contribution in [-0.2, 0) is 23.9 Å². The maximum absolute atomic E-state index is 13.8. The van der Waals surface area contributed by atoms with Gasteiger partial charge in [-0.15, -0.1) is 21.5 Å². The van der Waals surface area contributed by atoms with Crippen molar-refractivity contribution in [2.24, 2.45) is 4.99 Å². The fourth-order valence-corrected chi connectivity index (χ4v) is 9.42. The van der Waals surface area contributed by atoms with Crippen LogP contribution in [0.4, 0.5) is 0 Å². The number of halogens is 1. The quantitative estimate of drug-likeness (QED) is 0.0516. The number of unbranched alkanes of at least 4 members (excludes halogenated alkanes) is 6. The van der Waals surface area contributed by atoms with E-state index in [0.29, 0.717) is 40.2 Å². The molecular weight excluding hydrogens is 838 g/mol. The number of nitrogens with zero attached hydrogens (tertiary/aromatic N) is 5. The fourth-order valence-electron chi connectivity index (χ4n) is 7.96. The standard InChI is InChI=1S/C44H46ClN7O9S/c1-24-36-38(26-15-17-27(45)18-16-26)47-29(22-35(56)60-3)40-50-49-25(2)51(40)44(36)62-39(24)31(53)13-9-7-5-4-6-8-10-21-46-34(55)23-61-32-14-11-12-28-37(32)43(59)52(42(28)58)30-19-20-33(54)48-41(30)57/h11-12,14-18,29-30H,4-10,13,19-23H2,1-3H3,(H,46,55)(H,48,54,57)/t29-,30?/m0/s1. The summed E-state index contributed by atoms with van der Waals surface area (Å²) in [5, 5.41) is 15.1. The summed E-state index contributed by atoms with van der Waals surface area (Å²) in [6.07, 6.45) is 6.65. The molecule has 2 atom stereocenters. The number of carbonyl (C=O) groups is 7. The van der Waals surface area contributed by atoms with Crippen LogP contribution in [0.25, 0.3) is 5.00 Å². The Morgan fingerprint density at radius 2 is 1.65 bits per heavy atom. The van der Waals surface area contributed by atoms with E-state index < -0.39 is 41.7 Å². The van der Waals surface area contributed by atoms with E-state index in [4.69, 9.17) is 26.1 Å². The summed E-state index contributed by atoms with van der Waals surface area (Å²) in [6, 6.07) is 10.1. The third-order valence-corrected chi connectivity index (χ3v) is 12.7. The van der Waals surface area contributed by atoms with Gasteiger partial charge in [0.05, 0.1) is 35.2 Å². The number of ketones is 1. The minimum absolute atomic E-state index is 0.0109. The molecule has 0 bridgehead atoms. The molecule has 0 radical (unpaired) electrons. The van der Waals surface area contributed by atoms with E-state index in [1.54, 1.807) is 12.1 Å². The van der Waals surface area contributed by atoms with E-state index in [0.717, 1.165) is 71.5 Å². The summed E-state index contributed by atoms with van der Waals surface area (Å²) in [5.41, 5.74) is 3.12. The van der Waals surface area contributed by atoms with Crippen LogP contribution in [-0.4, -0.2) is 93.0 Å². The van der Waals surface area contributed by atoms with Crippen molar-refractivity contribution < 1.29 is 43.0 Å². The molecule has 1 unspecified atom stereocenters. The lowest BCUT2D eigenvalue weighted by molar-refractivity contribution is -0.141. The summed E-state index contributed by atoms with van der Waals surface area (Å²) < 4.78 is 12.5. The molecule has 3 aliphatic heterocycles. The van der Waals surface area contributed by atoms with Gasteiger partial charge in [-0.1, -0.05) is 61.9 Å². The van der Waals surface area contributed by atoms with Crippen molar-refractivity contribution in [2.45, 2.75) is 96.6 Å². The van der Waals surface area contributed by atoms with E-state index in [1.165, 1.54) is 36.6 Å². The van der Waals surface area contributed by atoms with Crippen LogP contribution in [0, 0.1) is 13.8 Å². The number of esters is 1. The van der Waals surface area contributed by atoms with E-state index in [1.807, 2.05) is 30.5 Å². The van der Waals surface area contributed by atoms with Crippen molar-refractivity contribution in [3.05, 3.63) is 91.8 Å². The summed E-state index contributed by atoms with van der Waals surface area (Å²) in [5.74, 6) is -2.08. The monoisotopic (exact) mass is 883 g/mol. The molecule has 0 aliphatic carbocycles. The van der Waals surface area contributed by atoms with E-state index in [9.17, 15) is 33.6 Å². The average molecular weight is 884 g/mol. The number of Topliss-reactive ketones (excluding diaryl/α,β-unsaturated/α-hetero) is 1. The predicted molar refractivity (Wildman–Crippen MR) is 228 cm³/mol. The highest BCUT2D eigenvalue weighted by Gasteiger charge is 2.46. The molecular formula is C44H46ClN7O9S. The van der Waals surface area contributed by atoms with Crippen LogP contribution in [0.15, 0.2) is 47.5 Å². The Balaban J connectivity index is 0.850. The van der Waals surface area contributed by atoms with E-state index in [-0.39, 0.29) is 54.4 Å². The summed E-state index contributed by atoms with van der Waals surface area (Å²) >= 11 is 7.62. The van der Waals surface area contributed by atoms with Crippen LogP contribution in [0.5, 0.6) is 5.75 Å². The first-order valence-electron chi connectivity index (χ1n) is 20.6. The van der Waals surface area contributed by atoms with Gasteiger partial charge in [-0.25, -0.2) is 0 Å². The molecule has 5 heterocycles. The van der Waals surface area contributed by atoms with Gasteiger partial charge in [-0.05, 0) is 62.9 Å². The molecule has 62 heavy (non-hydrogen) atoms. The van der Waals surface area contributed by atoms with E-state index in [2.05, 4.69) is 20.8 Å². The molecule has 2 aromatic heterocycles. The summed E-state index contributed by atoms with van der Waals surface area (Å²) in [6.45, 7) is 3.85. The molecule has 16 nitrogen and oxygen atoms in total. The van der Waals surface area contributed by atoms with Crippen molar-refractivity contribution >= 4 is 69.9 Å². The second-order valence-electron chi connectivity index (χ2n) is 15.4. The zero-order valence-corrected chi connectivity index (χ0v) is 36.2. The average Bonchev–Trinajstić information content (AvgIpc) is 3.85. The second-order valence-corrected chi connectivity index (χ2v) is 16.8. The number of benzene rings is 2. The fraction of sp³-hybridized carbons (Fsp3) is 0.409. The third-order valence-electron chi connectivity index (χ3n) is 11.2. The topological polar surface area (TPSA) is 208 Å². The molecule has 5 amide bonds. The SMILES string of the molecule is COC(=O)C[C@@H]1N=C(c2ccc(Cl)cc2)c2c(sc(C(=O)CCCCCCCCCNC(=O)COc3cccc4c3C(=O)N(C3CCC(=O)NC3=O)C4=O)c2C)-n2c(C)nnc21. The van der Waals surface area contributed by atoms with Crippen LogP contribution in [0.3, 0.4) is 0 Å². The number of amides is 5. The number of imide groups is 2. The van der Waals surface area contributed by atoms with Crippen LogP contribution in [0.1, 0.15) is 135 Å². The number of methoxy groups -OCH3 is 1. The molecule has 0 saturated carbocycles. The smallest absolute Gasteiger partial charge is 0.308 e. The number of thiophene rings is 1. The lowest BCUT2D eigenvalue weighted by Gasteiger charge is -2.27. The van der Waals surface area contributed by atoms with Gasteiger partial charge in [-0.3, -0.25) is 53.3 Å². The summed E-state index contributed by atoms with van der Waals surface area (Å²) in [7, 11) is 1.34. The molecule has 18 heteroatoms. The van der Waals surface area contributed by atoms with Gasteiger partial charge in [0.15, 0.2) is 18.2 Å². The number of aromatic nitrogens is 3. The molecule has 3 aliphatic rings. The Hall–Kier alpha value is -6.07. The van der Waals surface area contributed by atoms with Gasteiger partial charge in [0, 0.05) is 35.5 Å². The van der Waals surface area contributed by atoms with Gasteiger partial charge >= 0.3 is 5.97 Å². The highest BCUT2D eigenvalue weighted by atomic mass is 35.5. The van der Waals surface area contributed by atoms with Crippen molar-refractivity contribution in [1.82, 2.24) is 30.3 Å². The Labute approximate surface area is 366 Å². The van der Waals surface area contributed by atoms with Gasteiger partial charge in [-0.2, -0.15) is 0 Å². The maximum Gasteiger partial charge on any atom is 0.308 e. The highest BCUT2D eigenvalue weighted by Crippen LogP contribution is 2.41. The van der Waals surface area contributed by atoms with Crippen molar-refractivity contribution in [3.63, 3.8) is 0 Å². The first kappa shape index (κ1) is 44.0. The van der Waals surface area contributed by atoms with Gasteiger partial charge in [0.2, 0.25) is 11.8 Å². The number of rotatable bonds is 18. The van der Waals surface area contributed by atoms with Crippen LogP contribution >= 0.6 is 22.9 Å². The minimum atomic E-state index is -1.10. The molecule has 7 rings (SSSR count). The second kappa shape index (κ2) is 19.3. The Morgan fingerprint density at radius 3 is 2.37 bits per heavy atom. The van der Waals surface area contributed by atoms with E-state index >= 15 is 0 Å². The lowest BCUT2D eigenvalue weighted by Crippen LogP contribution is -2.54. The number of fused-ring (bicyclic) bond motifs is 4. The largest absolute Gasteiger partial charge is 0.483 e. The highest BCUT2D eigenvalue weighted by molar-refractivity contribution is 7.17. The summed E-state index contributed by atoms with van der Waals surface area (Å²) in [4.78, 5) is 95.6. The number of ether oxygens (including phenoxy) is 2. The van der Waals surface area contributed by atoms with Gasteiger partial charge in [0.25, 0.3) is 17.7 Å². The molecule has 1 saturated heterocycles. The lowest BCUT2D eigenvalue weighted by atomic mass is 9.98. The van der Waals surface area contributed by atoms with Crippen molar-refractivity contribution in [3.8, 4) is 10.8 Å². The van der Waals surface area contributed by atoms with Crippen LogP contribution in [0.2, 0.25) is 5.02 Å². The predicted octanol–water partition coefficient (Wildman–Crippen LogP) is 5.95. The van der Waals surface area contributed by atoms with Crippen LogP contribution < -0.4 is 15.4 Å². The number of aliphatic imine (C=N–C) groups is 1. The Kier molecular flexibility index (Phi) is 13.7. The zero-order valence-electron chi connectivity index (χ0n) is 34.6. The molecule has 4 aromatic rings. The third kappa shape index (κ3) is 9.23.